The standard InChI is InChI=1S/C13H23F2NO/c14-13(15)6-2-3-10(8-13)9-17-12-5-1-4-11(16)7-12/h10-12H,1-9,16H2. The zero-order chi connectivity index (χ0) is 12.3. The molecule has 0 aliphatic heterocycles. The molecule has 0 aromatic heterocycles. The van der Waals surface area contributed by atoms with Gasteiger partial charge in [0.25, 0.3) is 0 Å². The average Bonchev–Trinajstić information content (AvgIpc) is 2.25. The van der Waals surface area contributed by atoms with E-state index in [1.165, 1.54) is 0 Å². The molecule has 3 atom stereocenters. The SMILES string of the molecule is NC1CCCC(OCC2CCCC(F)(F)C2)C1. The first-order valence-electron chi connectivity index (χ1n) is 6.80. The fraction of sp³-hybridized carbons (Fsp3) is 1.00. The minimum atomic E-state index is -2.46. The highest BCUT2D eigenvalue weighted by molar-refractivity contribution is 4.80. The van der Waals surface area contributed by atoms with Crippen molar-refractivity contribution >= 4 is 0 Å². The molecular weight excluding hydrogens is 224 g/mol. The lowest BCUT2D eigenvalue weighted by atomic mass is 9.87. The van der Waals surface area contributed by atoms with Gasteiger partial charge in [-0.05, 0) is 44.4 Å². The van der Waals surface area contributed by atoms with Crippen LogP contribution in [0.5, 0.6) is 0 Å². The highest BCUT2D eigenvalue weighted by Gasteiger charge is 2.36. The highest BCUT2D eigenvalue weighted by Crippen LogP contribution is 2.37. The van der Waals surface area contributed by atoms with E-state index in [9.17, 15) is 8.78 Å². The fourth-order valence-corrected chi connectivity index (χ4v) is 3.02. The molecule has 0 bridgehead atoms. The number of ether oxygens (including phenoxy) is 1. The summed E-state index contributed by atoms with van der Waals surface area (Å²) in [6.45, 7) is 0.493. The molecule has 2 N–H and O–H groups in total. The van der Waals surface area contributed by atoms with Crippen molar-refractivity contribution in [1.82, 2.24) is 0 Å². The number of hydrogen-bond acceptors (Lipinski definition) is 2. The monoisotopic (exact) mass is 247 g/mol. The van der Waals surface area contributed by atoms with Crippen LogP contribution in [0, 0.1) is 5.92 Å². The summed E-state index contributed by atoms with van der Waals surface area (Å²) in [4.78, 5) is 0. The van der Waals surface area contributed by atoms with Gasteiger partial charge in [0.1, 0.15) is 0 Å². The third-order valence-electron chi connectivity index (χ3n) is 3.98. The lowest BCUT2D eigenvalue weighted by Crippen LogP contribution is -2.34. The molecule has 100 valence electrons. The summed E-state index contributed by atoms with van der Waals surface area (Å²) in [6, 6.07) is 0.238. The predicted molar refractivity (Wildman–Crippen MR) is 63.1 cm³/mol. The van der Waals surface area contributed by atoms with Gasteiger partial charge in [0.15, 0.2) is 0 Å². The molecule has 2 fully saturated rings. The Morgan fingerprint density at radius 2 is 2.00 bits per heavy atom. The Balaban J connectivity index is 1.70. The summed E-state index contributed by atoms with van der Waals surface area (Å²) >= 11 is 0. The van der Waals surface area contributed by atoms with Crippen LogP contribution in [0.25, 0.3) is 0 Å². The summed E-state index contributed by atoms with van der Waals surface area (Å²) in [5.74, 6) is -2.42. The Kier molecular flexibility index (Phi) is 4.36. The predicted octanol–water partition coefficient (Wildman–Crippen LogP) is 3.10. The number of halogens is 2. The van der Waals surface area contributed by atoms with Crippen LogP contribution >= 0.6 is 0 Å². The molecule has 2 nitrogen and oxygen atoms in total. The Morgan fingerprint density at radius 3 is 2.71 bits per heavy atom. The normalized spacial score (nSPS) is 37.9. The minimum absolute atomic E-state index is 0.00573. The summed E-state index contributed by atoms with van der Waals surface area (Å²) in [5.41, 5.74) is 5.88. The third kappa shape index (κ3) is 4.18. The highest BCUT2D eigenvalue weighted by atomic mass is 19.3. The molecule has 0 saturated heterocycles. The van der Waals surface area contributed by atoms with Gasteiger partial charge < -0.3 is 10.5 Å². The van der Waals surface area contributed by atoms with Gasteiger partial charge in [-0.1, -0.05) is 0 Å². The molecule has 0 heterocycles. The molecule has 0 amide bonds. The van der Waals surface area contributed by atoms with Crippen molar-refractivity contribution in [2.45, 2.75) is 69.4 Å². The second kappa shape index (κ2) is 5.61. The van der Waals surface area contributed by atoms with Crippen molar-refractivity contribution in [2.75, 3.05) is 6.61 Å². The molecule has 0 aromatic rings. The Bertz CT molecular complexity index is 248. The van der Waals surface area contributed by atoms with Crippen LogP contribution in [-0.2, 0) is 4.74 Å². The molecule has 17 heavy (non-hydrogen) atoms. The van der Waals surface area contributed by atoms with Gasteiger partial charge in [-0.15, -0.1) is 0 Å². The molecule has 0 aromatic carbocycles. The Morgan fingerprint density at radius 1 is 1.18 bits per heavy atom. The van der Waals surface area contributed by atoms with Crippen LogP contribution in [0.4, 0.5) is 8.78 Å². The van der Waals surface area contributed by atoms with Crippen LogP contribution < -0.4 is 5.73 Å². The first kappa shape index (κ1) is 13.2. The maximum absolute atomic E-state index is 13.2. The van der Waals surface area contributed by atoms with Gasteiger partial charge in [0.2, 0.25) is 5.92 Å². The molecular formula is C13H23F2NO. The summed E-state index contributed by atoms with van der Waals surface area (Å²) in [5, 5.41) is 0. The van der Waals surface area contributed by atoms with E-state index in [4.69, 9.17) is 10.5 Å². The van der Waals surface area contributed by atoms with Crippen molar-refractivity contribution in [1.29, 1.82) is 0 Å². The summed E-state index contributed by atoms with van der Waals surface area (Å²) in [6.07, 6.45) is 5.88. The maximum Gasteiger partial charge on any atom is 0.248 e. The molecule has 0 radical (unpaired) electrons. The van der Waals surface area contributed by atoms with E-state index < -0.39 is 5.92 Å². The third-order valence-corrected chi connectivity index (χ3v) is 3.98. The van der Waals surface area contributed by atoms with Crippen molar-refractivity contribution in [3.8, 4) is 0 Å². The van der Waals surface area contributed by atoms with Crippen LogP contribution in [0.15, 0.2) is 0 Å². The number of rotatable bonds is 3. The van der Waals surface area contributed by atoms with Gasteiger partial charge in [0, 0.05) is 25.5 Å². The lowest BCUT2D eigenvalue weighted by Gasteiger charge is -2.32. The first-order chi connectivity index (χ1) is 8.05. The second-order valence-corrected chi connectivity index (χ2v) is 5.70. The van der Waals surface area contributed by atoms with Crippen LogP contribution in [0.3, 0.4) is 0 Å². The van der Waals surface area contributed by atoms with Gasteiger partial charge in [0.05, 0.1) is 6.10 Å². The Labute approximate surface area is 102 Å². The van der Waals surface area contributed by atoms with Crippen molar-refractivity contribution < 1.29 is 13.5 Å². The Hall–Kier alpha value is -0.220. The van der Waals surface area contributed by atoms with Gasteiger partial charge in [-0.2, -0.15) is 0 Å². The molecule has 0 spiro atoms. The van der Waals surface area contributed by atoms with E-state index in [1.807, 2.05) is 0 Å². The van der Waals surface area contributed by atoms with E-state index in [2.05, 4.69) is 0 Å². The van der Waals surface area contributed by atoms with Crippen molar-refractivity contribution in [3.05, 3.63) is 0 Å². The van der Waals surface area contributed by atoms with E-state index in [0.717, 1.165) is 32.1 Å². The lowest BCUT2D eigenvalue weighted by molar-refractivity contribution is -0.0784. The fourth-order valence-electron chi connectivity index (χ4n) is 3.02. The number of nitrogens with two attached hydrogens (primary N) is 1. The van der Waals surface area contributed by atoms with Crippen LogP contribution in [0.1, 0.15) is 51.4 Å². The minimum Gasteiger partial charge on any atom is -0.378 e. The quantitative estimate of drug-likeness (QED) is 0.831. The van der Waals surface area contributed by atoms with E-state index >= 15 is 0 Å². The smallest absolute Gasteiger partial charge is 0.248 e. The van der Waals surface area contributed by atoms with Crippen LogP contribution in [-0.4, -0.2) is 24.7 Å². The molecule has 2 rings (SSSR count). The van der Waals surface area contributed by atoms with E-state index in [0.29, 0.717) is 13.0 Å². The van der Waals surface area contributed by atoms with Gasteiger partial charge in [-0.3, -0.25) is 0 Å². The largest absolute Gasteiger partial charge is 0.378 e. The maximum atomic E-state index is 13.2. The molecule has 4 heteroatoms. The zero-order valence-corrected chi connectivity index (χ0v) is 10.3. The number of hydrogen-bond donors (Lipinski definition) is 1. The summed E-state index contributed by atoms with van der Waals surface area (Å²) < 4.78 is 32.2. The number of alkyl halides is 2. The van der Waals surface area contributed by atoms with E-state index in [-0.39, 0.29) is 30.9 Å². The zero-order valence-electron chi connectivity index (χ0n) is 10.3. The van der Waals surface area contributed by atoms with Gasteiger partial charge >= 0.3 is 0 Å². The average molecular weight is 247 g/mol. The first-order valence-corrected chi connectivity index (χ1v) is 6.80. The molecule has 2 aliphatic carbocycles. The topological polar surface area (TPSA) is 35.2 Å². The van der Waals surface area contributed by atoms with Gasteiger partial charge in [-0.25, -0.2) is 8.78 Å². The van der Waals surface area contributed by atoms with Crippen LogP contribution in [0.2, 0.25) is 0 Å². The molecule has 2 saturated carbocycles. The van der Waals surface area contributed by atoms with Crippen molar-refractivity contribution in [2.24, 2.45) is 11.7 Å². The molecule has 3 unspecified atom stereocenters. The van der Waals surface area contributed by atoms with Crippen molar-refractivity contribution in [3.63, 3.8) is 0 Å². The molecule has 2 aliphatic rings. The second-order valence-electron chi connectivity index (χ2n) is 5.70. The van der Waals surface area contributed by atoms with E-state index in [1.54, 1.807) is 0 Å². The summed E-state index contributed by atoms with van der Waals surface area (Å²) in [7, 11) is 0.